The molecule has 0 atom stereocenters. The zero-order valence-electron chi connectivity index (χ0n) is 7.89. The van der Waals surface area contributed by atoms with Gasteiger partial charge in [0.15, 0.2) is 5.13 Å². The third-order valence-electron chi connectivity index (χ3n) is 2.28. The smallest absolute Gasteiger partial charge is 0.184 e. The van der Waals surface area contributed by atoms with Crippen LogP contribution < -0.4 is 5.73 Å². The second-order valence-electron chi connectivity index (χ2n) is 3.13. The van der Waals surface area contributed by atoms with Gasteiger partial charge < -0.3 is 5.73 Å². The molecule has 0 unspecified atom stereocenters. The molecule has 2 heterocycles. The van der Waals surface area contributed by atoms with Gasteiger partial charge in [0.2, 0.25) is 0 Å². The highest BCUT2D eigenvalue weighted by atomic mass is 32.1. The van der Waals surface area contributed by atoms with Crippen LogP contribution >= 0.6 is 11.3 Å². The first-order valence-corrected chi connectivity index (χ1v) is 4.97. The van der Waals surface area contributed by atoms with Crippen LogP contribution in [0.2, 0.25) is 0 Å². The van der Waals surface area contributed by atoms with E-state index in [0.29, 0.717) is 16.9 Å². The minimum Gasteiger partial charge on any atom is -0.384 e. The Morgan fingerprint density at radius 1 is 1.50 bits per heavy atom. The van der Waals surface area contributed by atoms with Crippen LogP contribution in [0.25, 0.3) is 11.1 Å². The molecule has 0 saturated carbocycles. The van der Waals surface area contributed by atoms with Crippen molar-refractivity contribution in [3.63, 3.8) is 0 Å². The molecule has 0 amide bonds. The molecule has 3 N–H and O–H groups in total. The van der Waals surface area contributed by atoms with E-state index in [1.54, 1.807) is 6.20 Å². The Hall–Kier alpha value is -1.36. The first-order chi connectivity index (χ1) is 6.61. The topological polar surface area (TPSA) is 54.7 Å². The van der Waals surface area contributed by atoms with Crippen molar-refractivity contribution in [1.29, 1.82) is 0 Å². The summed E-state index contributed by atoms with van der Waals surface area (Å²) in [4.78, 5) is 0.970. The molecule has 2 rings (SSSR count). The summed E-state index contributed by atoms with van der Waals surface area (Å²) in [6.07, 6.45) is 1.55. The first kappa shape index (κ1) is 9.21. The number of aromatic amines is 1. The number of thiophene rings is 1. The molecule has 14 heavy (non-hydrogen) atoms. The fourth-order valence-corrected chi connectivity index (χ4v) is 2.28. The zero-order chi connectivity index (χ0) is 10.3. The van der Waals surface area contributed by atoms with E-state index in [-0.39, 0.29) is 5.13 Å². The normalized spacial score (nSPS) is 10.8. The Kier molecular flexibility index (Phi) is 2.03. The summed E-state index contributed by atoms with van der Waals surface area (Å²) < 4.78 is 13.5. The molecule has 0 aliphatic rings. The van der Waals surface area contributed by atoms with Gasteiger partial charge in [0.05, 0.1) is 6.20 Å². The molecule has 0 aliphatic carbocycles. The second kappa shape index (κ2) is 3.09. The van der Waals surface area contributed by atoms with Crippen molar-refractivity contribution in [3.8, 4) is 11.1 Å². The number of nitrogen functional groups attached to an aromatic ring is 1. The second-order valence-corrected chi connectivity index (χ2v) is 4.30. The predicted molar refractivity (Wildman–Crippen MR) is 55.7 cm³/mol. The zero-order valence-corrected chi connectivity index (χ0v) is 8.70. The van der Waals surface area contributed by atoms with E-state index in [2.05, 4.69) is 10.2 Å². The lowest BCUT2D eigenvalue weighted by Crippen LogP contribution is -1.89. The summed E-state index contributed by atoms with van der Waals surface area (Å²) >= 11 is 1.14. The van der Waals surface area contributed by atoms with Gasteiger partial charge in [-0.2, -0.15) is 9.49 Å². The molecule has 0 aromatic carbocycles. The summed E-state index contributed by atoms with van der Waals surface area (Å²) in [5, 5.41) is 6.17. The SMILES string of the molecule is Cc1sc(F)c(-c2cn[nH]c2N)c1C. The summed E-state index contributed by atoms with van der Waals surface area (Å²) in [5.41, 5.74) is 7.78. The van der Waals surface area contributed by atoms with Gasteiger partial charge in [0.1, 0.15) is 5.82 Å². The maximum Gasteiger partial charge on any atom is 0.184 e. The number of nitrogens with two attached hydrogens (primary N) is 1. The highest BCUT2D eigenvalue weighted by Gasteiger charge is 2.17. The Balaban J connectivity index is 2.68. The third-order valence-corrected chi connectivity index (χ3v) is 3.28. The van der Waals surface area contributed by atoms with Crippen molar-refractivity contribution in [1.82, 2.24) is 10.2 Å². The van der Waals surface area contributed by atoms with E-state index < -0.39 is 0 Å². The van der Waals surface area contributed by atoms with Crippen molar-refractivity contribution >= 4 is 17.2 Å². The van der Waals surface area contributed by atoms with Gasteiger partial charge in [-0.15, -0.1) is 11.3 Å². The highest BCUT2D eigenvalue weighted by Crippen LogP contribution is 2.36. The van der Waals surface area contributed by atoms with Crippen LogP contribution in [-0.4, -0.2) is 10.2 Å². The fraction of sp³-hybridized carbons (Fsp3) is 0.222. The van der Waals surface area contributed by atoms with Crippen LogP contribution in [0.15, 0.2) is 6.20 Å². The van der Waals surface area contributed by atoms with Crippen LogP contribution in [0.3, 0.4) is 0 Å². The Morgan fingerprint density at radius 3 is 2.64 bits per heavy atom. The van der Waals surface area contributed by atoms with Crippen molar-refractivity contribution in [2.24, 2.45) is 0 Å². The average molecular weight is 211 g/mol. The number of H-pyrrole nitrogens is 1. The number of hydrogen-bond acceptors (Lipinski definition) is 3. The molecule has 0 saturated heterocycles. The molecule has 5 heteroatoms. The molecular weight excluding hydrogens is 201 g/mol. The quantitative estimate of drug-likeness (QED) is 0.761. The lowest BCUT2D eigenvalue weighted by Gasteiger charge is -1.98. The number of nitrogens with zero attached hydrogens (tertiary/aromatic N) is 1. The first-order valence-electron chi connectivity index (χ1n) is 4.16. The van der Waals surface area contributed by atoms with Gasteiger partial charge in [0.25, 0.3) is 0 Å². The Morgan fingerprint density at radius 2 is 2.21 bits per heavy atom. The van der Waals surface area contributed by atoms with Crippen molar-refractivity contribution in [3.05, 3.63) is 21.8 Å². The van der Waals surface area contributed by atoms with E-state index in [1.165, 1.54) is 0 Å². The van der Waals surface area contributed by atoms with Gasteiger partial charge in [0, 0.05) is 16.0 Å². The predicted octanol–water partition coefficient (Wildman–Crippen LogP) is 2.48. The van der Waals surface area contributed by atoms with E-state index in [4.69, 9.17) is 5.73 Å². The summed E-state index contributed by atoms with van der Waals surface area (Å²) in [7, 11) is 0. The van der Waals surface area contributed by atoms with Crippen LogP contribution in [0.1, 0.15) is 10.4 Å². The minimum atomic E-state index is -0.201. The monoisotopic (exact) mass is 211 g/mol. The molecular formula is C9H10FN3S. The largest absolute Gasteiger partial charge is 0.384 e. The van der Waals surface area contributed by atoms with Gasteiger partial charge >= 0.3 is 0 Å². The summed E-state index contributed by atoms with van der Waals surface area (Å²) in [6.45, 7) is 3.78. The molecule has 3 nitrogen and oxygen atoms in total. The molecule has 74 valence electrons. The Labute approximate surface area is 84.8 Å². The number of hydrogen-bond donors (Lipinski definition) is 2. The minimum absolute atomic E-state index is 0.201. The lowest BCUT2D eigenvalue weighted by molar-refractivity contribution is 0.660. The maximum atomic E-state index is 13.5. The van der Waals surface area contributed by atoms with Gasteiger partial charge in [-0.3, -0.25) is 5.10 Å². The number of aromatic nitrogens is 2. The summed E-state index contributed by atoms with van der Waals surface area (Å²) in [6, 6.07) is 0. The van der Waals surface area contributed by atoms with Crippen molar-refractivity contribution in [2.45, 2.75) is 13.8 Å². The number of aryl methyl sites for hydroxylation is 1. The Bertz CT molecular complexity index is 472. The molecule has 0 bridgehead atoms. The standard InChI is InChI=1S/C9H10FN3S/c1-4-5(2)14-8(10)7(4)6-3-12-13-9(6)11/h3H,1-2H3,(H3,11,12,13). The number of halogens is 1. The van der Waals surface area contributed by atoms with Crippen molar-refractivity contribution < 1.29 is 4.39 Å². The number of nitrogens with one attached hydrogen (secondary N) is 1. The van der Waals surface area contributed by atoms with E-state index in [1.807, 2.05) is 13.8 Å². The van der Waals surface area contributed by atoms with Crippen LogP contribution in [0.4, 0.5) is 10.2 Å². The fourth-order valence-electron chi connectivity index (χ4n) is 1.39. The molecule has 0 spiro atoms. The number of rotatable bonds is 1. The van der Waals surface area contributed by atoms with E-state index >= 15 is 0 Å². The molecule has 2 aromatic heterocycles. The molecule has 0 fully saturated rings. The third kappa shape index (κ3) is 1.21. The lowest BCUT2D eigenvalue weighted by atomic mass is 10.1. The van der Waals surface area contributed by atoms with Gasteiger partial charge in [-0.05, 0) is 19.4 Å². The molecule has 0 radical (unpaired) electrons. The number of anilines is 1. The molecule has 2 aromatic rings. The van der Waals surface area contributed by atoms with Gasteiger partial charge in [-0.25, -0.2) is 0 Å². The summed E-state index contributed by atoms with van der Waals surface area (Å²) in [5.74, 6) is 0.407. The van der Waals surface area contributed by atoms with Gasteiger partial charge in [-0.1, -0.05) is 0 Å². The van der Waals surface area contributed by atoms with Crippen LogP contribution in [-0.2, 0) is 0 Å². The van der Waals surface area contributed by atoms with E-state index in [9.17, 15) is 4.39 Å². The molecule has 0 aliphatic heterocycles. The van der Waals surface area contributed by atoms with Crippen molar-refractivity contribution in [2.75, 3.05) is 5.73 Å². The van der Waals surface area contributed by atoms with E-state index in [0.717, 1.165) is 21.8 Å². The maximum absolute atomic E-state index is 13.5. The van der Waals surface area contributed by atoms with Crippen LogP contribution in [0, 0.1) is 19.0 Å². The van der Waals surface area contributed by atoms with Crippen LogP contribution in [0.5, 0.6) is 0 Å². The highest BCUT2D eigenvalue weighted by molar-refractivity contribution is 7.10. The average Bonchev–Trinajstić information content (AvgIpc) is 2.60.